The smallest absolute Gasteiger partial charge is 0.251 e. The van der Waals surface area contributed by atoms with E-state index in [4.69, 9.17) is 0 Å². The third-order valence-corrected chi connectivity index (χ3v) is 6.93. The van der Waals surface area contributed by atoms with Crippen LogP contribution < -0.4 is 10.6 Å². The second-order valence-electron chi connectivity index (χ2n) is 9.90. The van der Waals surface area contributed by atoms with Crippen molar-refractivity contribution in [3.05, 3.63) is 65.2 Å². The molecule has 0 aromatic heterocycles. The quantitative estimate of drug-likeness (QED) is 0.214. The molecule has 6 heteroatoms. The number of hydrogen-bond donors (Lipinski definition) is 2. The summed E-state index contributed by atoms with van der Waals surface area (Å²) in [6.45, 7) is 10.5. The largest absolute Gasteiger partial charge is 0.352 e. The van der Waals surface area contributed by atoms with E-state index < -0.39 is 0 Å². The van der Waals surface area contributed by atoms with Gasteiger partial charge in [0.1, 0.15) is 0 Å². The zero-order valence-electron chi connectivity index (χ0n) is 23.3. The Morgan fingerprint density at radius 3 is 1.84 bits per heavy atom. The van der Waals surface area contributed by atoms with E-state index in [0.29, 0.717) is 48.3 Å². The molecule has 0 radical (unpaired) electrons. The van der Waals surface area contributed by atoms with E-state index in [0.717, 1.165) is 31.2 Å². The molecule has 6 nitrogen and oxygen atoms in total. The summed E-state index contributed by atoms with van der Waals surface area (Å²) in [5, 5.41) is 14.8. The lowest BCUT2D eigenvalue weighted by atomic mass is 9.99. The molecule has 0 heterocycles. The summed E-state index contributed by atoms with van der Waals surface area (Å²) in [5.74, 6) is 0.907. The fourth-order valence-electron chi connectivity index (χ4n) is 4.28. The summed E-state index contributed by atoms with van der Waals surface area (Å²) in [4.78, 5) is 25.3. The number of azo groups is 1. The van der Waals surface area contributed by atoms with Gasteiger partial charge in [-0.25, -0.2) is 0 Å². The number of unbranched alkanes of at least 4 members (excludes halogenated alkanes) is 2. The van der Waals surface area contributed by atoms with Crippen molar-refractivity contribution in [1.29, 1.82) is 0 Å². The fraction of sp³-hybridized carbons (Fsp3) is 0.548. The van der Waals surface area contributed by atoms with Crippen LogP contribution in [0, 0.1) is 11.8 Å². The van der Waals surface area contributed by atoms with Gasteiger partial charge in [0.2, 0.25) is 0 Å². The molecule has 0 spiro atoms. The first-order valence-corrected chi connectivity index (χ1v) is 14.1. The molecule has 2 rings (SSSR count). The fourth-order valence-corrected chi connectivity index (χ4v) is 4.28. The van der Waals surface area contributed by atoms with E-state index in [9.17, 15) is 9.59 Å². The molecule has 0 aliphatic rings. The Morgan fingerprint density at radius 1 is 0.757 bits per heavy atom. The number of amides is 2. The molecule has 2 unspecified atom stereocenters. The average Bonchev–Trinajstić information content (AvgIpc) is 2.93. The van der Waals surface area contributed by atoms with Crippen LogP contribution in [0.1, 0.15) is 105 Å². The molecule has 0 saturated heterocycles. The molecule has 0 bridgehead atoms. The maximum atomic E-state index is 12.7. The van der Waals surface area contributed by atoms with Crippen molar-refractivity contribution in [3.63, 3.8) is 0 Å². The van der Waals surface area contributed by atoms with Crippen LogP contribution in [0.4, 0.5) is 5.69 Å². The monoisotopic (exact) mass is 506 g/mol. The Kier molecular flexibility index (Phi) is 14.2. The maximum Gasteiger partial charge on any atom is 0.251 e. The Labute approximate surface area is 223 Å². The molecular weight excluding hydrogens is 460 g/mol. The molecule has 2 aromatic rings. The zero-order valence-corrected chi connectivity index (χ0v) is 23.3. The zero-order chi connectivity index (χ0) is 26.9. The Hall–Kier alpha value is -3.02. The van der Waals surface area contributed by atoms with Crippen molar-refractivity contribution in [2.24, 2.45) is 22.1 Å². The minimum atomic E-state index is -0.0780. The van der Waals surface area contributed by atoms with Gasteiger partial charge in [-0.15, -0.1) is 0 Å². The van der Waals surface area contributed by atoms with Crippen LogP contribution >= 0.6 is 0 Å². The second kappa shape index (κ2) is 17.4. The van der Waals surface area contributed by atoms with Crippen LogP contribution in [0.2, 0.25) is 0 Å². The standard InChI is InChI=1S/C31H46N4O2/c1-5-9-13-24(7-3)21-32-30(36)27-16-11-15-26(19-27)23-34-35-29-18-12-17-28(20-29)31(37)33-22-25(8-4)14-10-6-2/h11-12,15-20,24-25H,5-10,13-14,21-23H2,1-4H3,(H,32,36)(H,33,37). The maximum absolute atomic E-state index is 12.7. The number of carbonyl (C=O) groups excluding carboxylic acids is 2. The van der Waals surface area contributed by atoms with E-state index in [1.807, 2.05) is 36.4 Å². The summed E-state index contributed by atoms with van der Waals surface area (Å²) < 4.78 is 0. The van der Waals surface area contributed by atoms with E-state index >= 15 is 0 Å². The molecular formula is C31H46N4O2. The van der Waals surface area contributed by atoms with Crippen LogP contribution in [0.25, 0.3) is 0 Å². The van der Waals surface area contributed by atoms with Crippen LogP contribution in [0.15, 0.2) is 58.8 Å². The Balaban J connectivity index is 1.91. The van der Waals surface area contributed by atoms with Crippen molar-refractivity contribution in [3.8, 4) is 0 Å². The Morgan fingerprint density at radius 2 is 1.30 bits per heavy atom. The highest BCUT2D eigenvalue weighted by Crippen LogP contribution is 2.17. The SMILES string of the molecule is CCCCC(CC)CNC(=O)c1cccc(CN=Nc2cccc(C(=O)NCC(CC)CCCC)c2)c1. The lowest BCUT2D eigenvalue weighted by molar-refractivity contribution is 0.0937. The van der Waals surface area contributed by atoms with E-state index in [1.54, 1.807) is 12.1 Å². The van der Waals surface area contributed by atoms with Gasteiger partial charge in [0.25, 0.3) is 11.8 Å². The highest BCUT2D eigenvalue weighted by Gasteiger charge is 2.12. The van der Waals surface area contributed by atoms with Crippen LogP contribution in [0.3, 0.4) is 0 Å². The third kappa shape index (κ3) is 11.3. The van der Waals surface area contributed by atoms with E-state index in [-0.39, 0.29) is 11.8 Å². The van der Waals surface area contributed by atoms with Gasteiger partial charge in [0.15, 0.2) is 0 Å². The van der Waals surface area contributed by atoms with Gasteiger partial charge in [-0.1, -0.05) is 84.4 Å². The molecule has 0 saturated carbocycles. The van der Waals surface area contributed by atoms with Crippen molar-refractivity contribution >= 4 is 17.5 Å². The van der Waals surface area contributed by atoms with Crippen molar-refractivity contribution in [2.75, 3.05) is 13.1 Å². The number of carbonyl (C=O) groups is 2. The minimum absolute atomic E-state index is 0.0487. The highest BCUT2D eigenvalue weighted by atomic mass is 16.2. The topological polar surface area (TPSA) is 82.9 Å². The molecule has 2 amide bonds. The van der Waals surface area contributed by atoms with Crippen LogP contribution in [0.5, 0.6) is 0 Å². The van der Waals surface area contributed by atoms with Gasteiger partial charge < -0.3 is 10.6 Å². The molecule has 2 aromatic carbocycles. The first-order chi connectivity index (χ1) is 18.0. The average molecular weight is 507 g/mol. The minimum Gasteiger partial charge on any atom is -0.352 e. The summed E-state index contributed by atoms with van der Waals surface area (Å²) >= 11 is 0. The highest BCUT2D eigenvalue weighted by molar-refractivity contribution is 5.95. The first kappa shape index (κ1) is 30.2. The van der Waals surface area contributed by atoms with Crippen LogP contribution in [-0.4, -0.2) is 24.9 Å². The lowest BCUT2D eigenvalue weighted by Crippen LogP contribution is -2.29. The molecule has 37 heavy (non-hydrogen) atoms. The molecule has 0 aliphatic heterocycles. The predicted molar refractivity (Wildman–Crippen MR) is 152 cm³/mol. The summed E-state index contributed by atoms with van der Waals surface area (Å²) in [6, 6.07) is 14.7. The number of nitrogens with zero attached hydrogens (tertiary/aromatic N) is 2. The molecule has 202 valence electrons. The lowest BCUT2D eigenvalue weighted by Gasteiger charge is -2.15. The van der Waals surface area contributed by atoms with Gasteiger partial charge in [-0.05, 0) is 60.6 Å². The first-order valence-electron chi connectivity index (χ1n) is 14.1. The molecule has 0 aliphatic carbocycles. The van der Waals surface area contributed by atoms with Gasteiger partial charge in [-0.3, -0.25) is 9.59 Å². The van der Waals surface area contributed by atoms with Gasteiger partial charge in [0, 0.05) is 24.2 Å². The van der Waals surface area contributed by atoms with Crippen LogP contribution in [-0.2, 0) is 6.54 Å². The number of nitrogens with one attached hydrogen (secondary N) is 2. The van der Waals surface area contributed by atoms with E-state index in [1.165, 1.54) is 25.7 Å². The van der Waals surface area contributed by atoms with E-state index in [2.05, 4.69) is 48.6 Å². The summed E-state index contributed by atoms with van der Waals surface area (Å²) in [5.41, 5.74) is 2.78. The summed E-state index contributed by atoms with van der Waals surface area (Å²) in [7, 11) is 0. The number of rotatable bonds is 17. The Bertz CT molecular complexity index is 989. The van der Waals surface area contributed by atoms with Crippen molar-refractivity contribution in [1.82, 2.24) is 10.6 Å². The third-order valence-electron chi connectivity index (χ3n) is 6.93. The molecule has 2 N–H and O–H groups in total. The van der Waals surface area contributed by atoms with Gasteiger partial charge in [0.05, 0.1) is 12.2 Å². The van der Waals surface area contributed by atoms with Gasteiger partial charge in [-0.2, -0.15) is 10.2 Å². The molecule has 0 fully saturated rings. The normalized spacial score (nSPS) is 12.9. The molecule has 2 atom stereocenters. The second-order valence-corrected chi connectivity index (χ2v) is 9.90. The number of benzene rings is 2. The summed E-state index contributed by atoms with van der Waals surface area (Å²) in [6.07, 6.45) is 9.16. The van der Waals surface area contributed by atoms with Crippen molar-refractivity contribution < 1.29 is 9.59 Å². The number of hydrogen-bond acceptors (Lipinski definition) is 4. The van der Waals surface area contributed by atoms with Crippen molar-refractivity contribution in [2.45, 2.75) is 85.6 Å². The predicted octanol–water partition coefficient (Wildman–Crippen LogP) is 7.86. The van der Waals surface area contributed by atoms with Gasteiger partial charge >= 0.3 is 0 Å².